The lowest BCUT2D eigenvalue weighted by Crippen LogP contribution is -2.47. The monoisotopic (exact) mass is 368 g/mol. The van der Waals surface area contributed by atoms with Crippen molar-refractivity contribution in [3.05, 3.63) is 48.0 Å². The highest BCUT2D eigenvalue weighted by molar-refractivity contribution is 7.14. The maximum absolute atomic E-state index is 12.5. The quantitative estimate of drug-likeness (QED) is 0.741. The van der Waals surface area contributed by atoms with Crippen molar-refractivity contribution in [2.75, 3.05) is 16.8 Å². The molecule has 3 aromatic rings. The van der Waals surface area contributed by atoms with Gasteiger partial charge in [-0.2, -0.15) is 0 Å². The molecule has 0 fully saturated rings. The molecule has 4 rings (SSSR count). The van der Waals surface area contributed by atoms with Crippen LogP contribution < -0.4 is 15.0 Å². The van der Waals surface area contributed by atoms with Gasteiger partial charge in [0, 0.05) is 11.6 Å². The second-order valence-corrected chi connectivity index (χ2v) is 6.68. The van der Waals surface area contributed by atoms with E-state index in [4.69, 9.17) is 4.74 Å². The number of amides is 2. The van der Waals surface area contributed by atoms with Gasteiger partial charge >= 0.3 is 0 Å². The number of thiazole rings is 1. The van der Waals surface area contributed by atoms with Crippen LogP contribution in [-0.4, -0.2) is 34.4 Å². The van der Waals surface area contributed by atoms with Crippen LogP contribution in [0.2, 0.25) is 0 Å². The van der Waals surface area contributed by atoms with E-state index < -0.39 is 6.10 Å². The predicted molar refractivity (Wildman–Crippen MR) is 99.4 cm³/mol. The Morgan fingerprint density at radius 2 is 2.19 bits per heavy atom. The lowest BCUT2D eigenvalue weighted by Gasteiger charge is -2.32. The number of benzene rings is 1. The zero-order valence-corrected chi connectivity index (χ0v) is 14.7. The van der Waals surface area contributed by atoms with Crippen LogP contribution in [0.25, 0.3) is 11.4 Å². The van der Waals surface area contributed by atoms with Crippen molar-refractivity contribution in [2.24, 2.45) is 0 Å². The minimum atomic E-state index is -0.628. The molecule has 2 aromatic heterocycles. The van der Waals surface area contributed by atoms with Crippen molar-refractivity contribution >= 4 is 34.0 Å². The Labute approximate surface area is 153 Å². The van der Waals surface area contributed by atoms with Crippen LogP contribution in [0.4, 0.5) is 10.8 Å². The molecule has 3 heterocycles. The van der Waals surface area contributed by atoms with Crippen molar-refractivity contribution in [3.8, 4) is 17.1 Å². The minimum Gasteiger partial charge on any atom is -0.479 e. The Morgan fingerprint density at radius 1 is 1.35 bits per heavy atom. The molecule has 1 aliphatic rings. The molecular weight excluding hydrogens is 352 g/mol. The molecule has 2 N–H and O–H groups in total. The average molecular weight is 368 g/mol. The normalized spacial score (nSPS) is 16.1. The predicted octanol–water partition coefficient (Wildman–Crippen LogP) is 2.89. The van der Waals surface area contributed by atoms with Gasteiger partial charge in [0.05, 0.1) is 17.1 Å². The maximum atomic E-state index is 12.5. The Balaban J connectivity index is 1.49. The summed E-state index contributed by atoms with van der Waals surface area (Å²) in [5.41, 5.74) is 2.24. The summed E-state index contributed by atoms with van der Waals surface area (Å²) >= 11 is 1.33. The van der Waals surface area contributed by atoms with Crippen LogP contribution in [0.5, 0.6) is 5.75 Å². The molecule has 26 heavy (non-hydrogen) atoms. The Hall–Kier alpha value is -3.13. The molecule has 1 unspecified atom stereocenters. The number of ether oxygens (including phenoxy) is 1. The second kappa shape index (κ2) is 6.64. The van der Waals surface area contributed by atoms with Crippen LogP contribution in [0.3, 0.4) is 0 Å². The number of H-pyrrole nitrogens is 1. The number of rotatable bonds is 4. The van der Waals surface area contributed by atoms with Gasteiger partial charge in [-0.25, -0.2) is 4.98 Å². The van der Waals surface area contributed by atoms with Gasteiger partial charge in [0.2, 0.25) is 5.91 Å². The summed E-state index contributed by atoms with van der Waals surface area (Å²) in [5.74, 6) is 0.0374. The van der Waals surface area contributed by atoms with Gasteiger partial charge in [0.15, 0.2) is 11.2 Å². The Bertz CT molecular complexity index is 951. The van der Waals surface area contributed by atoms with E-state index in [1.807, 2.05) is 29.8 Å². The van der Waals surface area contributed by atoms with E-state index in [1.165, 1.54) is 16.2 Å². The van der Waals surface area contributed by atoms with Gasteiger partial charge < -0.3 is 15.0 Å². The maximum Gasteiger partial charge on any atom is 0.268 e. The number of nitrogens with one attached hydrogen (secondary N) is 2. The molecule has 7 nitrogen and oxygen atoms in total. The lowest BCUT2D eigenvalue weighted by molar-refractivity contribution is -0.127. The number of anilines is 2. The third kappa shape index (κ3) is 3.06. The van der Waals surface area contributed by atoms with Gasteiger partial charge in [-0.3, -0.25) is 14.5 Å². The van der Waals surface area contributed by atoms with E-state index in [9.17, 15) is 9.59 Å². The van der Waals surface area contributed by atoms with Crippen molar-refractivity contribution < 1.29 is 14.3 Å². The molecule has 8 heteroatoms. The summed E-state index contributed by atoms with van der Waals surface area (Å²) in [6.45, 7) is 1.58. The van der Waals surface area contributed by atoms with Crippen LogP contribution in [0, 0.1) is 0 Å². The van der Waals surface area contributed by atoms with Crippen molar-refractivity contribution in [3.63, 3.8) is 0 Å². The molecule has 0 spiro atoms. The number of para-hydroxylation sites is 2. The fraction of sp³-hybridized carbons (Fsp3) is 0.167. The molecule has 1 atom stereocenters. The molecular formula is C18H16N4O3S. The molecule has 0 saturated carbocycles. The zero-order valence-electron chi connectivity index (χ0n) is 13.9. The molecule has 132 valence electrons. The SMILES string of the molecule is CC1Oc2ccccc2N(CC(=O)Nc2nc(-c3ccc[nH]3)cs2)C1=O. The van der Waals surface area contributed by atoms with E-state index in [2.05, 4.69) is 15.3 Å². The molecule has 1 aromatic carbocycles. The summed E-state index contributed by atoms with van der Waals surface area (Å²) in [4.78, 5) is 33.8. The van der Waals surface area contributed by atoms with Crippen LogP contribution in [0.1, 0.15) is 6.92 Å². The largest absolute Gasteiger partial charge is 0.479 e. The first-order valence-corrected chi connectivity index (χ1v) is 8.96. The fourth-order valence-corrected chi connectivity index (χ4v) is 3.50. The Morgan fingerprint density at radius 3 is 3.00 bits per heavy atom. The van der Waals surface area contributed by atoms with E-state index in [-0.39, 0.29) is 18.4 Å². The van der Waals surface area contributed by atoms with E-state index in [0.717, 1.165) is 11.4 Å². The first-order valence-electron chi connectivity index (χ1n) is 8.08. The summed E-state index contributed by atoms with van der Waals surface area (Å²) in [5, 5.41) is 5.11. The number of aromatic amines is 1. The first-order chi connectivity index (χ1) is 12.6. The highest BCUT2D eigenvalue weighted by atomic mass is 32.1. The van der Waals surface area contributed by atoms with Crippen LogP contribution >= 0.6 is 11.3 Å². The van der Waals surface area contributed by atoms with E-state index in [0.29, 0.717) is 16.6 Å². The standard InChI is InChI=1S/C18H16N4O3S/c1-11-17(24)22(14-6-2-3-7-15(14)25-11)9-16(23)21-18-20-13(10-26-18)12-5-4-8-19-12/h2-8,10-11,19H,9H2,1H3,(H,20,21,23). The number of hydrogen-bond donors (Lipinski definition) is 2. The molecule has 1 aliphatic heterocycles. The number of hydrogen-bond acceptors (Lipinski definition) is 5. The zero-order chi connectivity index (χ0) is 18.1. The van der Waals surface area contributed by atoms with Crippen molar-refractivity contribution in [1.82, 2.24) is 9.97 Å². The van der Waals surface area contributed by atoms with Crippen molar-refractivity contribution in [2.45, 2.75) is 13.0 Å². The van der Waals surface area contributed by atoms with Gasteiger partial charge in [0.1, 0.15) is 12.3 Å². The van der Waals surface area contributed by atoms with Gasteiger partial charge in [-0.15, -0.1) is 11.3 Å². The van der Waals surface area contributed by atoms with Gasteiger partial charge in [-0.05, 0) is 31.2 Å². The summed E-state index contributed by atoms with van der Waals surface area (Å²) in [6, 6.07) is 11.0. The molecule has 0 bridgehead atoms. The van der Waals surface area contributed by atoms with Gasteiger partial charge in [0.25, 0.3) is 5.91 Å². The molecule has 0 radical (unpaired) electrons. The molecule has 0 aliphatic carbocycles. The lowest BCUT2D eigenvalue weighted by atomic mass is 10.2. The van der Waals surface area contributed by atoms with Gasteiger partial charge in [-0.1, -0.05) is 12.1 Å². The van der Waals surface area contributed by atoms with Crippen LogP contribution in [0.15, 0.2) is 48.0 Å². The molecule has 0 saturated heterocycles. The summed E-state index contributed by atoms with van der Waals surface area (Å²) in [7, 11) is 0. The fourth-order valence-electron chi connectivity index (χ4n) is 2.77. The van der Waals surface area contributed by atoms with E-state index in [1.54, 1.807) is 25.1 Å². The number of carbonyl (C=O) groups is 2. The number of nitrogens with zero attached hydrogens (tertiary/aromatic N) is 2. The topological polar surface area (TPSA) is 87.3 Å². The highest BCUT2D eigenvalue weighted by Crippen LogP contribution is 2.33. The average Bonchev–Trinajstić information content (AvgIpc) is 3.30. The number of fused-ring (bicyclic) bond motifs is 1. The minimum absolute atomic E-state index is 0.0963. The Kier molecular flexibility index (Phi) is 4.18. The molecule has 2 amide bonds. The summed E-state index contributed by atoms with van der Waals surface area (Å²) in [6.07, 6.45) is 1.19. The first kappa shape index (κ1) is 16.3. The summed E-state index contributed by atoms with van der Waals surface area (Å²) < 4.78 is 5.58. The van der Waals surface area contributed by atoms with Crippen molar-refractivity contribution in [1.29, 1.82) is 0 Å². The second-order valence-electron chi connectivity index (χ2n) is 5.82. The van der Waals surface area contributed by atoms with Crippen LogP contribution in [-0.2, 0) is 9.59 Å². The smallest absolute Gasteiger partial charge is 0.268 e. The van der Waals surface area contributed by atoms with E-state index >= 15 is 0 Å². The third-order valence-corrected chi connectivity index (χ3v) is 4.76. The highest BCUT2D eigenvalue weighted by Gasteiger charge is 2.32. The number of carbonyl (C=O) groups excluding carboxylic acids is 2. The third-order valence-electron chi connectivity index (χ3n) is 4.00. The number of aromatic nitrogens is 2.